The second-order valence-corrected chi connectivity index (χ2v) is 9.31. The molecule has 1 fully saturated rings. The minimum Gasteiger partial charge on any atom is -0.494 e. The summed E-state index contributed by atoms with van der Waals surface area (Å²) in [5.41, 5.74) is 2.97. The topological polar surface area (TPSA) is 129 Å². The maximum absolute atomic E-state index is 12.6. The van der Waals surface area contributed by atoms with Crippen molar-refractivity contribution in [3.05, 3.63) is 73.2 Å². The molecule has 0 atom stereocenters. The fraction of sp³-hybridized carbons (Fsp3) is 0.276. The number of nitrogens with one attached hydrogen (secondary N) is 4. The Morgan fingerprint density at radius 2 is 1.82 bits per heavy atom. The molecule has 40 heavy (non-hydrogen) atoms. The molecule has 0 bridgehead atoms. The number of methoxy groups -OCH3 is 1. The first kappa shape index (κ1) is 27.0. The van der Waals surface area contributed by atoms with Crippen LogP contribution >= 0.6 is 0 Å². The van der Waals surface area contributed by atoms with Gasteiger partial charge in [-0.25, -0.2) is 15.0 Å². The highest BCUT2D eigenvalue weighted by molar-refractivity contribution is 5.92. The Hall–Kier alpha value is -4.61. The maximum atomic E-state index is 12.6. The van der Waals surface area contributed by atoms with Crippen LogP contribution in [0.2, 0.25) is 0 Å². The summed E-state index contributed by atoms with van der Waals surface area (Å²) < 4.78 is 5.55. The van der Waals surface area contributed by atoms with E-state index < -0.39 is 0 Å². The van der Waals surface area contributed by atoms with Gasteiger partial charge < -0.3 is 30.9 Å². The maximum Gasteiger partial charge on any atom is 0.230 e. The summed E-state index contributed by atoms with van der Waals surface area (Å²) in [6, 6.07) is 19.0. The molecule has 11 nitrogen and oxygen atoms in total. The molecule has 4 aromatic rings. The van der Waals surface area contributed by atoms with Gasteiger partial charge in [0.2, 0.25) is 11.9 Å². The van der Waals surface area contributed by atoms with E-state index in [-0.39, 0.29) is 5.91 Å². The Bertz CT molecular complexity index is 1410. The average Bonchev–Trinajstić information content (AvgIpc) is 2.99. The quantitative estimate of drug-likeness (QED) is 0.221. The summed E-state index contributed by atoms with van der Waals surface area (Å²) in [5, 5.41) is 12.8. The van der Waals surface area contributed by atoms with E-state index in [0.717, 1.165) is 50.4 Å². The normalized spacial score (nSPS) is 13.4. The molecule has 0 unspecified atom stereocenters. The average molecular weight is 540 g/mol. The highest BCUT2D eigenvalue weighted by atomic mass is 16.5. The van der Waals surface area contributed by atoms with Crippen molar-refractivity contribution < 1.29 is 9.53 Å². The molecule has 0 aliphatic carbocycles. The molecule has 1 aliphatic heterocycles. The van der Waals surface area contributed by atoms with Gasteiger partial charge in [-0.1, -0.05) is 18.2 Å². The smallest absolute Gasteiger partial charge is 0.230 e. The number of hydrogen-bond donors (Lipinski definition) is 4. The summed E-state index contributed by atoms with van der Waals surface area (Å²) in [5.74, 6) is 1.98. The Morgan fingerprint density at radius 3 is 2.65 bits per heavy atom. The number of rotatable bonds is 11. The van der Waals surface area contributed by atoms with Gasteiger partial charge in [0.25, 0.3) is 0 Å². The zero-order chi connectivity index (χ0) is 27.6. The molecule has 2 aromatic carbocycles. The van der Waals surface area contributed by atoms with Crippen molar-refractivity contribution in [2.24, 2.45) is 0 Å². The molecule has 1 amide bonds. The molecular formula is C29H33N9O2. The van der Waals surface area contributed by atoms with Gasteiger partial charge >= 0.3 is 0 Å². The Kier molecular flexibility index (Phi) is 9.07. The molecule has 0 spiro atoms. The van der Waals surface area contributed by atoms with E-state index in [9.17, 15) is 4.79 Å². The number of pyridine rings is 1. The van der Waals surface area contributed by atoms with Gasteiger partial charge in [-0.2, -0.15) is 4.98 Å². The number of piperazine rings is 1. The largest absolute Gasteiger partial charge is 0.494 e. The van der Waals surface area contributed by atoms with Crippen molar-refractivity contribution in [3.63, 3.8) is 0 Å². The monoisotopic (exact) mass is 539 g/mol. The minimum atomic E-state index is -0.0346. The van der Waals surface area contributed by atoms with E-state index in [0.29, 0.717) is 41.1 Å². The van der Waals surface area contributed by atoms with Gasteiger partial charge in [0, 0.05) is 56.2 Å². The van der Waals surface area contributed by atoms with Crippen LogP contribution in [0.25, 0.3) is 11.4 Å². The highest BCUT2D eigenvalue weighted by Crippen LogP contribution is 2.30. The number of nitrogens with zero attached hydrogens (tertiary/aromatic N) is 5. The SMILES string of the molecule is COc1cc(Nc2ncnc(-c3cccnc3Nc3ccccc3)n2)ccc1NC(=O)CCCN1CCNCC1. The first-order valence-electron chi connectivity index (χ1n) is 13.3. The number of hydrogen-bond acceptors (Lipinski definition) is 10. The highest BCUT2D eigenvalue weighted by Gasteiger charge is 2.14. The van der Waals surface area contributed by atoms with Gasteiger partial charge in [0.15, 0.2) is 5.82 Å². The number of aromatic nitrogens is 4. The molecular weight excluding hydrogens is 506 g/mol. The van der Waals surface area contributed by atoms with Gasteiger partial charge in [0.05, 0.1) is 18.4 Å². The lowest BCUT2D eigenvalue weighted by molar-refractivity contribution is -0.116. The number of benzene rings is 2. The van der Waals surface area contributed by atoms with E-state index in [1.54, 1.807) is 25.4 Å². The molecule has 4 N–H and O–H groups in total. The van der Waals surface area contributed by atoms with E-state index in [4.69, 9.17) is 4.74 Å². The van der Waals surface area contributed by atoms with Gasteiger partial charge in [0.1, 0.15) is 17.9 Å². The Balaban J connectivity index is 1.23. The van der Waals surface area contributed by atoms with Crippen LogP contribution in [0, 0.1) is 0 Å². The van der Waals surface area contributed by atoms with Crippen molar-refractivity contribution in [1.29, 1.82) is 0 Å². The van der Waals surface area contributed by atoms with Crippen LogP contribution in [0.4, 0.5) is 28.8 Å². The number of ether oxygens (including phenoxy) is 1. The zero-order valence-electron chi connectivity index (χ0n) is 22.4. The molecule has 3 heterocycles. The van der Waals surface area contributed by atoms with Gasteiger partial charge in [-0.15, -0.1) is 0 Å². The predicted molar refractivity (Wildman–Crippen MR) is 156 cm³/mol. The van der Waals surface area contributed by atoms with Crippen LogP contribution in [0.15, 0.2) is 73.2 Å². The lowest BCUT2D eigenvalue weighted by Gasteiger charge is -2.26. The van der Waals surface area contributed by atoms with Crippen molar-refractivity contribution in [3.8, 4) is 17.1 Å². The zero-order valence-corrected chi connectivity index (χ0v) is 22.4. The number of anilines is 5. The predicted octanol–water partition coefficient (Wildman–Crippen LogP) is 4.05. The first-order valence-corrected chi connectivity index (χ1v) is 13.3. The summed E-state index contributed by atoms with van der Waals surface area (Å²) in [6.07, 6.45) is 4.44. The van der Waals surface area contributed by atoms with Crippen LogP contribution < -0.4 is 26.0 Å². The van der Waals surface area contributed by atoms with E-state index >= 15 is 0 Å². The summed E-state index contributed by atoms with van der Waals surface area (Å²) in [7, 11) is 1.57. The standard InChI is InChI=1S/C29H33N9O2/c1-40-25-19-22(11-12-24(25)36-26(39)10-6-16-38-17-14-30-15-18-38)35-29-33-20-32-28(37-29)23-9-5-13-31-27(23)34-21-7-3-2-4-8-21/h2-5,7-9,11-13,19-20,30H,6,10,14-18H2,1H3,(H,31,34)(H,36,39)(H,32,33,35,37). The minimum absolute atomic E-state index is 0.0346. The van der Waals surface area contributed by atoms with Crippen LogP contribution in [0.3, 0.4) is 0 Å². The molecule has 5 rings (SSSR count). The number of carbonyl (C=O) groups excluding carboxylic acids is 1. The van der Waals surface area contributed by atoms with Crippen molar-refractivity contribution in [2.45, 2.75) is 12.8 Å². The van der Waals surface area contributed by atoms with Gasteiger partial charge in [-0.3, -0.25) is 4.79 Å². The van der Waals surface area contributed by atoms with Crippen LogP contribution in [0.1, 0.15) is 12.8 Å². The number of para-hydroxylation sites is 1. The molecule has 1 aliphatic rings. The van der Waals surface area contributed by atoms with E-state index in [1.165, 1.54) is 6.33 Å². The molecule has 0 radical (unpaired) electrons. The second kappa shape index (κ2) is 13.5. The summed E-state index contributed by atoms with van der Waals surface area (Å²) >= 11 is 0. The summed E-state index contributed by atoms with van der Waals surface area (Å²) in [6.45, 7) is 4.99. The molecule has 2 aromatic heterocycles. The Labute approximate surface area is 233 Å². The third-order valence-electron chi connectivity index (χ3n) is 6.48. The molecule has 1 saturated heterocycles. The lowest BCUT2D eigenvalue weighted by atomic mass is 10.2. The molecule has 11 heteroatoms. The number of amides is 1. The van der Waals surface area contributed by atoms with E-state index in [1.807, 2.05) is 48.5 Å². The van der Waals surface area contributed by atoms with Crippen molar-refractivity contribution in [2.75, 3.05) is 55.8 Å². The molecule has 206 valence electrons. The first-order chi connectivity index (χ1) is 19.7. The fourth-order valence-corrected chi connectivity index (χ4v) is 4.44. The summed E-state index contributed by atoms with van der Waals surface area (Å²) in [4.78, 5) is 32.7. The third-order valence-corrected chi connectivity index (χ3v) is 6.48. The molecule has 0 saturated carbocycles. The third kappa shape index (κ3) is 7.28. The van der Waals surface area contributed by atoms with E-state index in [2.05, 4.69) is 46.1 Å². The lowest BCUT2D eigenvalue weighted by Crippen LogP contribution is -2.43. The van der Waals surface area contributed by atoms with Crippen LogP contribution in [-0.4, -0.2) is 70.6 Å². The van der Waals surface area contributed by atoms with Crippen LogP contribution in [0.5, 0.6) is 5.75 Å². The van der Waals surface area contributed by atoms with Gasteiger partial charge in [-0.05, 0) is 49.4 Å². The number of carbonyl (C=O) groups is 1. The second-order valence-electron chi connectivity index (χ2n) is 9.31. The fourth-order valence-electron chi connectivity index (χ4n) is 4.44. The van der Waals surface area contributed by atoms with Crippen LogP contribution in [-0.2, 0) is 4.79 Å². The van der Waals surface area contributed by atoms with Crippen molar-refractivity contribution >= 4 is 34.7 Å². The Morgan fingerprint density at radius 1 is 0.975 bits per heavy atom. The van der Waals surface area contributed by atoms with Crippen molar-refractivity contribution in [1.82, 2.24) is 30.2 Å².